The average Bonchev–Trinajstić information content (AvgIpc) is 2.94. The number of rotatable bonds is 5. The third kappa shape index (κ3) is 3.07. The molecule has 0 aromatic carbocycles. The first kappa shape index (κ1) is 15.5. The Balaban J connectivity index is 2.30. The zero-order valence-corrected chi connectivity index (χ0v) is 13.3. The lowest BCUT2D eigenvalue weighted by atomic mass is 10.0. The summed E-state index contributed by atoms with van der Waals surface area (Å²) in [7, 11) is -3.47. The molecule has 1 aliphatic carbocycles. The number of nitrogens with one attached hydrogen (secondary N) is 1. The Bertz CT molecular complexity index is 569. The van der Waals surface area contributed by atoms with Crippen LogP contribution in [0.5, 0.6) is 0 Å². The summed E-state index contributed by atoms with van der Waals surface area (Å²) < 4.78 is 29.9. The van der Waals surface area contributed by atoms with Crippen LogP contribution in [0.2, 0.25) is 0 Å². The first-order chi connectivity index (χ1) is 9.27. The van der Waals surface area contributed by atoms with Gasteiger partial charge in [0.15, 0.2) is 0 Å². The highest BCUT2D eigenvalue weighted by atomic mass is 32.2. The summed E-state index contributed by atoms with van der Waals surface area (Å²) in [6.07, 6.45) is 5.66. The Labute approximate surface area is 121 Å². The van der Waals surface area contributed by atoms with Gasteiger partial charge in [0.2, 0.25) is 10.0 Å². The smallest absolute Gasteiger partial charge is 0.242 e. The molecule has 20 heavy (non-hydrogen) atoms. The van der Waals surface area contributed by atoms with Crippen LogP contribution in [0.15, 0.2) is 17.2 Å². The van der Waals surface area contributed by atoms with E-state index in [1.165, 1.54) is 0 Å². The summed E-state index contributed by atoms with van der Waals surface area (Å²) in [5, 5.41) is 0. The summed E-state index contributed by atoms with van der Waals surface area (Å²) in [5.41, 5.74) is 6.24. The van der Waals surface area contributed by atoms with Crippen LogP contribution in [0.1, 0.15) is 58.2 Å². The monoisotopic (exact) mass is 299 g/mol. The molecule has 1 saturated carbocycles. The largest absolute Gasteiger partial charge is 0.346 e. The molecule has 0 aliphatic heterocycles. The van der Waals surface area contributed by atoms with Gasteiger partial charge in [-0.05, 0) is 39.7 Å². The molecular formula is C14H25N3O2S. The molecule has 1 aromatic rings. The average molecular weight is 299 g/mol. The zero-order chi connectivity index (χ0) is 15.0. The van der Waals surface area contributed by atoms with Gasteiger partial charge in [0.25, 0.3) is 0 Å². The molecule has 1 aliphatic rings. The minimum Gasteiger partial charge on any atom is -0.346 e. The van der Waals surface area contributed by atoms with Gasteiger partial charge in [0, 0.05) is 30.0 Å². The van der Waals surface area contributed by atoms with E-state index in [0.717, 1.165) is 31.4 Å². The first-order valence-electron chi connectivity index (χ1n) is 7.22. The SMILES string of the molecule is CC(C)n1cc(S(=O)(=O)NC2(C)CCCC2)cc1CN. The Kier molecular flexibility index (Phi) is 4.27. The van der Waals surface area contributed by atoms with Gasteiger partial charge in [-0.1, -0.05) is 12.8 Å². The number of nitrogens with zero attached hydrogens (tertiary/aromatic N) is 1. The molecule has 1 heterocycles. The van der Waals surface area contributed by atoms with Gasteiger partial charge in [0.05, 0.1) is 4.90 Å². The second kappa shape index (κ2) is 5.50. The quantitative estimate of drug-likeness (QED) is 0.874. The van der Waals surface area contributed by atoms with E-state index in [2.05, 4.69) is 4.72 Å². The molecule has 0 radical (unpaired) electrons. The van der Waals surface area contributed by atoms with E-state index in [9.17, 15) is 8.42 Å². The van der Waals surface area contributed by atoms with Crippen molar-refractivity contribution in [3.8, 4) is 0 Å². The molecule has 1 fully saturated rings. The van der Waals surface area contributed by atoms with E-state index in [1.807, 2.05) is 25.3 Å². The van der Waals surface area contributed by atoms with Crippen LogP contribution in [0.25, 0.3) is 0 Å². The van der Waals surface area contributed by atoms with Crippen molar-refractivity contribution in [2.75, 3.05) is 0 Å². The summed E-state index contributed by atoms with van der Waals surface area (Å²) in [6, 6.07) is 1.88. The van der Waals surface area contributed by atoms with Crippen LogP contribution >= 0.6 is 0 Å². The van der Waals surface area contributed by atoms with E-state index < -0.39 is 10.0 Å². The van der Waals surface area contributed by atoms with Crippen molar-refractivity contribution >= 4 is 10.0 Å². The molecule has 0 spiro atoms. The number of hydrogen-bond donors (Lipinski definition) is 2. The van der Waals surface area contributed by atoms with Crippen molar-refractivity contribution in [1.29, 1.82) is 0 Å². The van der Waals surface area contributed by atoms with Crippen molar-refractivity contribution in [3.05, 3.63) is 18.0 Å². The van der Waals surface area contributed by atoms with Gasteiger partial charge in [-0.3, -0.25) is 0 Å². The summed E-state index contributed by atoms with van der Waals surface area (Å²) in [4.78, 5) is 0.319. The number of sulfonamides is 1. The van der Waals surface area contributed by atoms with Crippen LogP contribution in [0, 0.1) is 0 Å². The summed E-state index contributed by atoms with van der Waals surface area (Å²) in [5.74, 6) is 0. The van der Waals surface area contributed by atoms with Gasteiger partial charge in [0.1, 0.15) is 0 Å². The first-order valence-corrected chi connectivity index (χ1v) is 8.70. The van der Waals surface area contributed by atoms with Gasteiger partial charge in [-0.2, -0.15) is 0 Å². The third-order valence-corrected chi connectivity index (χ3v) is 5.68. The minimum absolute atomic E-state index is 0.194. The fourth-order valence-corrected chi connectivity index (χ4v) is 4.44. The fourth-order valence-electron chi connectivity index (χ4n) is 2.93. The predicted octanol–water partition coefficient (Wildman–Crippen LogP) is 2.14. The topological polar surface area (TPSA) is 77.1 Å². The van der Waals surface area contributed by atoms with Gasteiger partial charge < -0.3 is 10.3 Å². The summed E-state index contributed by atoms with van der Waals surface area (Å²) >= 11 is 0. The lowest BCUT2D eigenvalue weighted by Crippen LogP contribution is -2.43. The number of nitrogens with two attached hydrogens (primary N) is 1. The molecule has 114 valence electrons. The molecule has 0 atom stereocenters. The predicted molar refractivity (Wildman–Crippen MR) is 79.9 cm³/mol. The van der Waals surface area contributed by atoms with E-state index in [-0.39, 0.29) is 11.6 Å². The standard InChI is InChI=1S/C14H25N3O2S/c1-11(2)17-10-13(8-12(17)9-15)20(18,19)16-14(3)6-4-5-7-14/h8,10-11,16H,4-7,9,15H2,1-3H3. The Morgan fingerprint density at radius 3 is 2.45 bits per heavy atom. The Morgan fingerprint density at radius 2 is 2.00 bits per heavy atom. The molecule has 0 saturated heterocycles. The van der Waals surface area contributed by atoms with Gasteiger partial charge in [-0.15, -0.1) is 0 Å². The molecule has 0 amide bonds. The Morgan fingerprint density at radius 1 is 1.40 bits per heavy atom. The lowest BCUT2D eigenvalue weighted by molar-refractivity contribution is 0.427. The lowest BCUT2D eigenvalue weighted by Gasteiger charge is -2.24. The van der Waals surface area contributed by atoms with E-state index in [4.69, 9.17) is 5.73 Å². The molecule has 0 bridgehead atoms. The van der Waals surface area contributed by atoms with Crippen LogP contribution in [-0.4, -0.2) is 18.5 Å². The zero-order valence-electron chi connectivity index (χ0n) is 12.5. The van der Waals surface area contributed by atoms with Gasteiger partial charge >= 0.3 is 0 Å². The number of hydrogen-bond acceptors (Lipinski definition) is 3. The normalized spacial score (nSPS) is 18.9. The fraction of sp³-hybridized carbons (Fsp3) is 0.714. The molecule has 5 nitrogen and oxygen atoms in total. The highest BCUT2D eigenvalue weighted by molar-refractivity contribution is 7.89. The van der Waals surface area contributed by atoms with Crippen LogP contribution in [-0.2, 0) is 16.6 Å². The van der Waals surface area contributed by atoms with Crippen LogP contribution in [0.4, 0.5) is 0 Å². The second-order valence-electron chi connectivity index (χ2n) is 6.25. The van der Waals surface area contributed by atoms with Gasteiger partial charge in [-0.25, -0.2) is 13.1 Å². The molecule has 6 heteroatoms. The maximum Gasteiger partial charge on any atom is 0.242 e. The molecular weight excluding hydrogens is 274 g/mol. The van der Waals surface area contributed by atoms with Crippen molar-refractivity contribution in [2.45, 2.75) is 69.5 Å². The van der Waals surface area contributed by atoms with Crippen molar-refractivity contribution < 1.29 is 8.42 Å². The molecule has 1 aromatic heterocycles. The second-order valence-corrected chi connectivity index (χ2v) is 7.93. The molecule has 2 rings (SSSR count). The maximum absolute atomic E-state index is 12.5. The van der Waals surface area contributed by atoms with Crippen molar-refractivity contribution in [1.82, 2.24) is 9.29 Å². The van der Waals surface area contributed by atoms with E-state index in [1.54, 1.807) is 12.3 Å². The van der Waals surface area contributed by atoms with E-state index in [0.29, 0.717) is 11.4 Å². The van der Waals surface area contributed by atoms with Crippen LogP contribution in [0.3, 0.4) is 0 Å². The van der Waals surface area contributed by atoms with Crippen molar-refractivity contribution in [3.63, 3.8) is 0 Å². The third-order valence-electron chi connectivity index (χ3n) is 4.07. The highest BCUT2D eigenvalue weighted by Crippen LogP contribution is 2.31. The van der Waals surface area contributed by atoms with Crippen molar-refractivity contribution in [2.24, 2.45) is 5.73 Å². The maximum atomic E-state index is 12.5. The Hall–Kier alpha value is -0.850. The van der Waals surface area contributed by atoms with E-state index >= 15 is 0 Å². The molecule has 0 unspecified atom stereocenters. The summed E-state index contributed by atoms with van der Waals surface area (Å²) in [6.45, 7) is 6.36. The highest BCUT2D eigenvalue weighted by Gasteiger charge is 2.34. The van der Waals surface area contributed by atoms with Crippen LogP contribution < -0.4 is 10.5 Å². The number of aromatic nitrogens is 1. The molecule has 3 N–H and O–H groups in total. The minimum atomic E-state index is -3.47.